The zero-order chi connectivity index (χ0) is 12.7. The lowest BCUT2D eigenvalue weighted by atomic mass is 10.1. The van der Waals surface area contributed by atoms with E-state index in [4.69, 9.17) is 12.2 Å². The average molecular weight is 249 g/mol. The van der Waals surface area contributed by atoms with Crippen LogP contribution in [0.3, 0.4) is 0 Å². The van der Waals surface area contributed by atoms with Gasteiger partial charge in [0.15, 0.2) is 5.11 Å². The number of hydrogen-bond acceptors (Lipinski definition) is 2. The van der Waals surface area contributed by atoms with Crippen LogP contribution in [0.5, 0.6) is 0 Å². The van der Waals surface area contributed by atoms with E-state index in [1.807, 2.05) is 26.0 Å². The molecule has 0 saturated carbocycles. The van der Waals surface area contributed by atoms with Crippen molar-refractivity contribution in [2.45, 2.75) is 33.2 Å². The highest BCUT2D eigenvalue weighted by Crippen LogP contribution is 2.02. The Balaban J connectivity index is 2.45. The largest absolute Gasteiger partial charge is 0.359 e. The highest BCUT2D eigenvalue weighted by Gasteiger charge is 1.95. The van der Waals surface area contributed by atoms with Crippen LogP contribution in [0, 0.1) is 0 Å². The Morgan fingerprint density at radius 3 is 2.53 bits per heavy atom. The molecular formula is C13H19N3S. The van der Waals surface area contributed by atoms with Gasteiger partial charge in [-0.3, -0.25) is 5.43 Å². The monoisotopic (exact) mass is 249 g/mol. The zero-order valence-electron chi connectivity index (χ0n) is 10.5. The van der Waals surface area contributed by atoms with Gasteiger partial charge in [-0.25, -0.2) is 0 Å². The molecule has 0 aliphatic carbocycles. The predicted molar refractivity (Wildman–Crippen MR) is 77.4 cm³/mol. The molecule has 1 aromatic carbocycles. The van der Waals surface area contributed by atoms with Crippen LogP contribution in [-0.2, 0) is 6.42 Å². The summed E-state index contributed by atoms with van der Waals surface area (Å²) >= 11 is 5.05. The van der Waals surface area contributed by atoms with E-state index in [2.05, 4.69) is 34.9 Å². The molecule has 0 spiro atoms. The lowest BCUT2D eigenvalue weighted by molar-refractivity contribution is 0.720. The number of thiocarbonyl (C=S) groups is 1. The molecule has 0 heterocycles. The standard InChI is InChI=1S/C13H19N3S/c1-4-11-5-7-12(8-6-11)9-14-16-13(17)15-10(2)3/h5-10H,4H2,1-3H3,(H2,15,16,17)/b14-9-. The Kier molecular flexibility index (Phi) is 5.63. The summed E-state index contributed by atoms with van der Waals surface area (Å²) < 4.78 is 0. The van der Waals surface area contributed by atoms with Crippen LogP contribution in [0.1, 0.15) is 31.9 Å². The Morgan fingerprint density at radius 2 is 2.00 bits per heavy atom. The second-order valence-electron chi connectivity index (χ2n) is 4.09. The molecule has 0 aliphatic heterocycles. The normalized spacial score (nSPS) is 10.8. The van der Waals surface area contributed by atoms with Gasteiger partial charge in [-0.1, -0.05) is 31.2 Å². The third-order valence-corrected chi connectivity index (χ3v) is 2.40. The van der Waals surface area contributed by atoms with Crippen molar-refractivity contribution in [1.82, 2.24) is 10.7 Å². The molecule has 0 amide bonds. The van der Waals surface area contributed by atoms with Crippen molar-refractivity contribution in [2.75, 3.05) is 0 Å². The molecule has 92 valence electrons. The average Bonchev–Trinajstić information content (AvgIpc) is 2.29. The van der Waals surface area contributed by atoms with Crippen molar-refractivity contribution in [3.8, 4) is 0 Å². The van der Waals surface area contributed by atoms with Crippen molar-refractivity contribution in [1.29, 1.82) is 0 Å². The molecule has 0 saturated heterocycles. The van der Waals surface area contributed by atoms with E-state index in [1.165, 1.54) is 5.56 Å². The maximum absolute atomic E-state index is 5.05. The quantitative estimate of drug-likeness (QED) is 0.489. The van der Waals surface area contributed by atoms with Crippen LogP contribution in [0.25, 0.3) is 0 Å². The van der Waals surface area contributed by atoms with Gasteiger partial charge in [-0.05, 0) is 43.6 Å². The lowest BCUT2D eigenvalue weighted by Gasteiger charge is -2.09. The summed E-state index contributed by atoms with van der Waals surface area (Å²) in [5.41, 5.74) is 5.16. The van der Waals surface area contributed by atoms with Crippen LogP contribution in [-0.4, -0.2) is 17.4 Å². The third kappa shape index (κ3) is 5.45. The van der Waals surface area contributed by atoms with E-state index in [9.17, 15) is 0 Å². The van der Waals surface area contributed by atoms with Gasteiger partial charge in [0.25, 0.3) is 0 Å². The van der Waals surface area contributed by atoms with Crippen molar-refractivity contribution < 1.29 is 0 Å². The van der Waals surface area contributed by atoms with E-state index < -0.39 is 0 Å². The second kappa shape index (κ2) is 7.01. The molecule has 0 radical (unpaired) electrons. The van der Waals surface area contributed by atoms with Crippen molar-refractivity contribution in [3.63, 3.8) is 0 Å². The van der Waals surface area contributed by atoms with Gasteiger partial charge in [-0.15, -0.1) is 0 Å². The van der Waals surface area contributed by atoms with Gasteiger partial charge in [-0.2, -0.15) is 5.10 Å². The molecule has 1 aromatic rings. The minimum absolute atomic E-state index is 0.314. The maximum atomic E-state index is 5.05. The van der Waals surface area contributed by atoms with E-state index in [-0.39, 0.29) is 0 Å². The third-order valence-electron chi connectivity index (χ3n) is 2.19. The summed E-state index contributed by atoms with van der Waals surface area (Å²) in [4.78, 5) is 0. The first-order chi connectivity index (χ1) is 8.11. The van der Waals surface area contributed by atoms with E-state index in [0.29, 0.717) is 11.2 Å². The Bertz CT molecular complexity index is 382. The fourth-order valence-corrected chi connectivity index (χ4v) is 1.59. The summed E-state index contributed by atoms with van der Waals surface area (Å²) in [5, 5.41) is 7.67. The first-order valence-electron chi connectivity index (χ1n) is 5.80. The molecule has 0 aliphatic rings. The maximum Gasteiger partial charge on any atom is 0.187 e. The molecule has 3 nitrogen and oxygen atoms in total. The molecular weight excluding hydrogens is 230 g/mol. The molecule has 0 aromatic heterocycles. The predicted octanol–water partition coefficient (Wildman–Crippen LogP) is 2.46. The highest BCUT2D eigenvalue weighted by atomic mass is 32.1. The number of hydrazone groups is 1. The van der Waals surface area contributed by atoms with Crippen LogP contribution in [0.4, 0.5) is 0 Å². The van der Waals surface area contributed by atoms with Crippen molar-refractivity contribution >= 4 is 23.5 Å². The molecule has 2 N–H and O–H groups in total. The zero-order valence-corrected chi connectivity index (χ0v) is 11.3. The second-order valence-corrected chi connectivity index (χ2v) is 4.50. The minimum atomic E-state index is 0.314. The van der Waals surface area contributed by atoms with Crippen molar-refractivity contribution in [3.05, 3.63) is 35.4 Å². The molecule has 0 fully saturated rings. The Labute approximate surface area is 108 Å². The van der Waals surface area contributed by atoms with Gasteiger partial charge in [0.2, 0.25) is 0 Å². The number of nitrogens with one attached hydrogen (secondary N) is 2. The summed E-state index contributed by atoms with van der Waals surface area (Å²) in [6.45, 7) is 6.20. The van der Waals surface area contributed by atoms with Gasteiger partial charge >= 0.3 is 0 Å². The van der Waals surface area contributed by atoms with Gasteiger partial charge in [0.05, 0.1) is 6.21 Å². The number of nitrogens with zero attached hydrogens (tertiary/aromatic N) is 1. The van der Waals surface area contributed by atoms with Crippen molar-refractivity contribution in [2.24, 2.45) is 5.10 Å². The Morgan fingerprint density at radius 1 is 1.35 bits per heavy atom. The van der Waals surface area contributed by atoms with Gasteiger partial charge in [0.1, 0.15) is 0 Å². The summed E-state index contributed by atoms with van der Waals surface area (Å²) in [7, 11) is 0. The molecule has 1 rings (SSSR count). The summed E-state index contributed by atoms with van der Waals surface area (Å²) in [6.07, 6.45) is 2.81. The fourth-order valence-electron chi connectivity index (χ4n) is 1.30. The van der Waals surface area contributed by atoms with Gasteiger partial charge in [0, 0.05) is 6.04 Å². The SMILES string of the molecule is CCc1ccc(/C=N\NC(=S)NC(C)C)cc1. The van der Waals surface area contributed by atoms with Crippen LogP contribution in [0.2, 0.25) is 0 Å². The van der Waals surface area contributed by atoms with Crippen LogP contribution in [0.15, 0.2) is 29.4 Å². The first-order valence-corrected chi connectivity index (χ1v) is 6.21. The first kappa shape index (κ1) is 13.6. The highest BCUT2D eigenvalue weighted by molar-refractivity contribution is 7.80. The minimum Gasteiger partial charge on any atom is -0.359 e. The summed E-state index contributed by atoms with van der Waals surface area (Å²) in [5.74, 6) is 0. The van der Waals surface area contributed by atoms with Crippen LogP contribution >= 0.6 is 12.2 Å². The number of benzene rings is 1. The molecule has 0 unspecified atom stereocenters. The number of rotatable bonds is 4. The number of aryl methyl sites for hydroxylation is 1. The van der Waals surface area contributed by atoms with Gasteiger partial charge < -0.3 is 5.32 Å². The van der Waals surface area contributed by atoms with Crippen LogP contribution < -0.4 is 10.7 Å². The lowest BCUT2D eigenvalue weighted by Crippen LogP contribution is -2.36. The smallest absolute Gasteiger partial charge is 0.187 e. The van der Waals surface area contributed by atoms with E-state index in [0.717, 1.165) is 12.0 Å². The number of hydrogen-bond donors (Lipinski definition) is 2. The van der Waals surface area contributed by atoms with E-state index >= 15 is 0 Å². The summed E-state index contributed by atoms with van der Waals surface area (Å²) in [6, 6.07) is 8.61. The Hall–Kier alpha value is -1.42. The fraction of sp³-hybridized carbons (Fsp3) is 0.385. The molecule has 4 heteroatoms. The van der Waals surface area contributed by atoms with E-state index in [1.54, 1.807) is 6.21 Å². The topological polar surface area (TPSA) is 36.4 Å². The molecule has 17 heavy (non-hydrogen) atoms. The molecule has 0 bridgehead atoms. The molecule has 0 atom stereocenters.